The summed E-state index contributed by atoms with van der Waals surface area (Å²) in [4.78, 5) is 12.4. The number of amides is 1. The monoisotopic (exact) mass is 410 g/mol. The van der Waals surface area contributed by atoms with Crippen molar-refractivity contribution in [1.29, 1.82) is 0 Å². The Bertz CT molecular complexity index is 1180. The fourth-order valence-electron chi connectivity index (χ4n) is 2.44. The first-order valence-corrected chi connectivity index (χ1v) is 10.0. The number of halogens is 1. The van der Waals surface area contributed by atoms with Crippen molar-refractivity contribution in [3.8, 4) is 12.3 Å². The Balaban J connectivity index is 1.84. The zero-order valence-corrected chi connectivity index (χ0v) is 16.1. The Morgan fingerprint density at radius 1 is 0.964 bits per heavy atom. The van der Waals surface area contributed by atoms with Crippen LogP contribution in [0.2, 0.25) is 5.02 Å². The van der Waals surface area contributed by atoms with Crippen LogP contribution in [0.25, 0.3) is 0 Å². The van der Waals surface area contributed by atoms with Crippen molar-refractivity contribution in [3.05, 3.63) is 88.9 Å². The van der Waals surface area contributed by atoms with Crippen LogP contribution in [-0.4, -0.2) is 14.3 Å². The van der Waals surface area contributed by atoms with Crippen LogP contribution in [0.4, 0.5) is 11.4 Å². The van der Waals surface area contributed by atoms with Crippen LogP contribution in [0.1, 0.15) is 15.9 Å². The molecule has 0 fully saturated rings. The maximum absolute atomic E-state index is 12.6. The van der Waals surface area contributed by atoms with Gasteiger partial charge in [0.15, 0.2) is 0 Å². The van der Waals surface area contributed by atoms with Gasteiger partial charge >= 0.3 is 0 Å². The highest BCUT2D eigenvalue weighted by Crippen LogP contribution is 2.24. The number of hydrogen-bond acceptors (Lipinski definition) is 3. The third-order valence-electron chi connectivity index (χ3n) is 3.81. The fraction of sp³-hybridized carbons (Fsp3) is 0. The molecule has 0 aliphatic heterocycles. The lowest BCUT2D eigenvalue weighted by Crippen LogP contribution is -2.16. The second-order valence-corrected chi connectivity index (χ2v) is 7.88. The van der Waals surface area contributed by atoms with E-state index in [1.165, 1.54) is 24.3 Å². The van der Waals surface area contributed by atoms with Gasteiger partial charge in [0.25, 0.3) is 15.9 Å². The van der Waals surface area contributed by atoms with Crippen LogP contribution in [0.3, 0.4) is 0 Å². The van der Waals surface area contributed by atoms with Gasteiger partial charge in [-0.2, -0.15) is 0 Å². The minimum atomic E-state index is -3.92. The molecule has 3 aromatic rings. The van der Waals surface area contributed by atoms with Crippen LogP contribution >= 0.6 is 11.6 Å². The average Bonchev–Trinajstić information content (AvgIpc) is 2.70. The lowest BCUT2D eigenvalue weighted by atomic mass is 10.2. The van der Waals surface area contributed by atoms with Gasteiger partial charge in [-0.05, 0) is 48.5 Å². The highest BCUT2D eigenvalue weighted by Gasteiger charge is 2.17. The first-order chi connectivity index (χ1) is 13.4. The second-order valence-electron chi connectivity index (χ2n) is 5.79. The Morgan fingerprint density at radius 2 is 1.71 bits per heavy atom. The summed E-state index contributed by atoms with van der Waals surface area (Å²) in [6, 6.07) is 19.0. The minimum absolute atomic E-state index is 0.0579. The number of terminal acetylenes is 1. The van der Waals surface area contributed by atoms with Gasteiger partial charge in [0, 0.05) is 16.8 Å². The molecular weight excluding hydrogens is 396 g/mol. The molecule has 2 N–H and O–H groups in total. The molecule has 0 atom stereocenters. The number of carbonyl (C=O) groups excluding carboxylic acids is 1. The number of rotatable bonds is 5. The summed E-state index contributed by atoms with van der Waals surface area (Å²) in [7, 11) is -3.92. The molecule has 3 rings (SSSR count). The standard InChI is InChI=1S/C21H15ClN2O3S/c1-2-15-7-5-9-17(13-15)23-21(25)16-8-6-10-18(14-16)28(26,27)24-20-12-4-3-11-19(20)22/h1,3-14,24H,(H,23,25). The van der Waals surface area contributed by atoms with Crippen molar-refractivity contribution in [1.82, 2.24) is 0 Å². The van der Waals surface area contributed by atoms with Crippen molar-refractivity contribution >= 4 is 38.9 Å². The molecular formula is C21H15ClN2O3S. The van der Waals surface area contributed by atoms with E-state index in [4.69, 9.17) is 18.0 Å². The van der Waals surface area contributed by atoms with Gasteiger partial charge in [-0.25, -0.2) is 8.42 Å². The van der Waals surface area contributed by atoms with Crippen molar-refractivity contribution in [2.24, 2.45) is 0 Å². The average molecular weight is 411 g/mol. The molecule has 0 aliphatic rings. The van der Waals surface area contributed by atoms with Crippen molar-refractivity contribution in [2.75, 3.05) is 10.0 Å². The zero-order valence-electron chi connectivity index (χ0n) is 14.5. The predicted octanol–water partition coefficient (Wildman–Crippen LogP) is 4.37. The van der Waals surface area contributed by atoms with E-state index < -0.39 is 15.9 Å². The number of sulfonamides is 1. The van der Waals surface area contributed by atoms with Crippen LogP contribution in [0, 0.1) is 12.3 Å². The number of para-hydroxylation sites is 1. The molecule has 0 aromatic heterocycles. The molecule has 28 heavy (non-hydrogen) atoms. The lowest BCUT2D eigenvalue weighted by Gasteiger charge is -2.11. The van der Waals surface area contributed by atoms with E-state index in [1.807, 2.05) is 0 Å². The minimum Gasteiger partial charge on any atom is -0.322 e. The van der Waals surface area contributed by atoms with Gasteiger partial charge in [0.05, 0.1) is 15.6 Å². The molecule has 0 heterocycles. The highest BCUT2D eigenvalue weighted by molar-refractivity contribution is 7.92. The van der Waals surface area contributed by atoms with E-state index in [-0.39, 0.29) is 21.2 Å². The van der Waals surface area contributed by atoms with Gasteiger partial charge in [0.1, 0.15) is 0 Å². The molecule has 0 aliphatic carbocycles. The van der Waals surface area contributed by atoms with E-state index in [0.29, 0.717) is 11.3 Å². The molecule has 0 radical (unpaired) electrons. The van der Waals surface area contributed by atoms with Gasteiger partial charge < -0.3 is 5.32 Å². The first kappa shape index (κ1) is 19.5. The highest BCUT2D eigenvalue weighted by atomic mass is 35.5. The second kappa shape index (κ2) is 8.17. The topological polar surface area (TPSA) is 75.3 Å². The maximum atomic E-state index is 12.6. The Morgan fingerprint density at radius 3 is 2.46 bits per heavy atom. The Hall–Kier alpha value is -3.27. The van der Waals surface area contributed by atoms with Gasteiger partial charge in [-0.1, -0.05) is 41.8 Å². The largest absolute Gasteiger partial charge is 0.322 e. The number of anilines is 2. The van der Waals surface area contributed by atoms with Crippen LogP contribution < -0.4 is 10.0 Å². The summed E-state index contributed by atoms with van der Waals surface area (Å²) in [5, 5.41) is 2.97. The molecule has 0 bridgehead atoms. The van der Waals surface area contributed by atoms with Crippen molar-refractivity contribution < 1.29 is 13.2 Å². The number of hydrogen-bond donors (Lipinski definition) is 2. The van der Waals surface area contributed by atoms with Gasteiger partial charge in [-0.3, -0.25) is 9.52 Å². The Kier molecular flexibility index (Phi) is 5.69. The molecule has 5 nitrogen and oxygen atoms in total. The molecule has 0 spiro atoms. The van der Waals surface area contributed by atoms with E-state index in [1.54, 1.807) is 48.5 Å². The molecule has 140 valence electrons. The third-order valence-corrected chi connectivity index (χ3v) is 5.50. The predicted molar refractivity (Wildman–Crippen MR) is 111 cm³/mol. The number of carbonyl (C=O) groups is 1. The smallest absolute Gasteiger partial charge is 0.261 e. The van der Waals surface area contributed by atoms with E-state index >= 15 is 0 Å². The van der Waals surface area contributed by atoms with E-state index in [9.17, 15) is 13.2 Å². The molecule has 0 saturated carbocycles. The van der Waals surface area contributed by atoms with Crippen LogP contribution in [0.5, 0.6) is 0 Å². The third kappa shape index (κ3) is 4.52. The summed E-state index contributed by atoms with van der Waals surface area (Å²) in [5.74, 6) is 2.03. The molecule has 3 aromatic carbocycles. The van der Waals surface area contributed by atoms with E-state index in [2.05, 4.69) is 16.0 Å². The summed E-state index contributed by atoms with van der Waals surface area (Å²) in [6.45, 7) is 0. The summed E-state index contributed by atoms with van der Waals surface area (Å²) in [5.41, 5.74) is 1.58. The van der Waals surface area contributed by atoms with Gasteiger partial charge in [-0.15, -0.1) is 6.42 Å². The maximum Gasteiger partial charge on any atom is 0.261 e. The number of nitrogens with one attached hydrogen (secondary N) is 2. The fourth-order valence-corrected chi connectivity index (χ4v) is 3.81. The van der Waals surface area contributed by atoms with E-state index in [0.717, 1.165) is 0 Å². The molecule has 1 amide bonds. The zero-order chi connectivity index (χ0) is 20.1. The van der Waals surface area contributed by atoms with Crippen LogP contribution in [0.15, 0.2) is 77.7 Å². The lowest BCUT2D eigenvalue weighted by molar-refractivity contribution is 0.102. The molecule has 0 unspecified atom stereocenters. The molecule has 0 saturated heterocycles. The van der Waals surface area contributed by atoms with Crippen molar-refractivity contribution in [2.45, 2.75) is 4.90 Å². The SMILES string of the molecule is C#Cc1cccc(NC(=O)c2cccc(S(=O)(=O)Nc3ccccc3Cl)c2)c1. The normalized spacial score (nSPS) is 10.7. The summed E-state index contributed by atoms with van der Waals surface area (Å²) in [6.07, 6.45) is 5.36. The number of benzene rings is 3. The van der Waals surface area contributed by atoms with Gasteiger partial charge in [0.2, 0.25) is 0 Å². The summed E-state index contributed by atoms with van der Waals surface area (Å²) >= 11 is 6.01. The summed E-state index contributed by atoms with van der Waals surface area (Å²) < 4.78 is 27.7. The van der Waals surface area contributed by atoms with Crippen molar-refractivity contribution in [3.63, 3.8) is 0 Å². The first-order valence-electron chi connectivity index (χ1n) is 8.14. The molecule has 7 heteroatoms. The van der Waals surface area contributed by atoms with Crippen LogP contribution in [-0.2, 0) is 10.0 Å². The Labute approximate surface area is 168 Å². The quantitative estimate of drug-likeness (QED) is 0.613.